The third-order valence-corrected chi connectivity index (χ3v) is 20.8. The molecule has 0 radical (unpaired) electrons. The van der Waals surface area contributed by atoms with Crippen LogP contribution in [0.25, 0.3) is 128 Å². The number of aromatic nitrogens is 2. The van der Waals surface area contributed by atoms with E-state index < -0.39 is 0 Å². The van der Waals surface area contributed by atoms with Crippen LogP contribution in [0.1, 0.15) is 61.4 Å². The predicted molar refractivity (Wildman–Crippen MR) is 310 cm³/mol. The number of nitrogens with zero attached hydrogens (tertiary/aromatic N) is 2. The Kier molecular flexibility index (Phi) is 10.7. The first-order chi connectivity index (χ1) is 33.3. The van der Waals surface area contributed by atoms with E-state index in [0.29, 0.717) is 11.8 Å². The van der Waals surface area contributed by atoms with E-state index in [0.717, 1.165) is 25.9 Å². The highest BCUT2D eigenvalue weighted by molar-refractivity contribution is 7.31. The van der Waals surface area contributed by atoms with Crippen molar-refractivity contribution in [2.75, 3.05) is 0 Å². The van der Waals surface area contributed by atoms with Crippen molar-refractivity contribution in [3.05, 3.63) is 153 Å². The molecule has 0 saturated carbocycles. The lowest BCUT2D eigenvalue weighted by Gasteiger charge is -2.15. The summed E-state index contributed by atoms with van der Waals surface area (Å²) in [5, 5.41) is 15.0. The Bertz CT molecular complexity index is 3800. The van der Waals surface area contributed by atoms with E-state index in [1.807, 2.05) is 68.0 Å². The fraction of sp³-hybridized carbons (Fsp3) is 0.167. The lowest BCUT2D eigenvalue weighted by atomic mass is 10.0. The van der Waals surface area contributed by atoms with Gasteiger partial charge in [-0.25, -0.2) is 0 Å². The third kappa shape index (κ3) is 7.35. The SMILES string of the molecule is CCC(C)Cn1c2cc3c4ccc5cc(/C=C/c6ccc(-c7cc8sccc8s7)s6)ccc5c4n(CC(C)CC)c3cc2c2ccc3cc(/C=C/c4ccc(-c5cc6sccc6s5)s4)ccc3c21. The van der Waals surface area contributed by atoms with Gasteiger partial charge in [0.1, 0.15) is 0 Å². The van der Waals surface area contributed by atoms with Crippen LogP contribution < -0.4 is 0 Å². The van der Waals surface area contributed by atoms with Gasteiger partial charge in [-0.2, -0.15) is 0 Å². The third-order valence-electron chi connectivity index (χ3n) is 14.1. The lowest BCUT2D eigenvalue weighted by molar-refractivity contribution is 0.485. The van der Waals surface area contributed by atoms with Crippen LogP contribution in [-0.2, 0) is 13.1 Å². The Balaban J connectivity index is 0.884. The largest absolute Gasteiger partial charge is 0.340 e. The number of hydrogen-bond acceptors (Lipinski definition) is 6. The van der Waals surface area contributed by atoms with Crippen molar-refractivity contribution in [1.82, 2.24) is 9.13 Å². The van der Waals surface area contributed by atoms with Gasteiger partial charge in [0.05, 0.1) is 11.0 Å². The summed E-state index contributed by atoms with van der Waals surface area (Å²) in [6, 6.07) is 46.9. The molecule has 0 aliphatic heterocycles. The number of thiophene rings is 6. The van der Waals surface area contributed by atoms with E-state index in [4.69, 9.17) is 0 Å². The van der Waals surface area contributed by atoms with Gasteiger partial charge in [0.15, 0.2) is 0 Å². The molecule has 13 rings (SSSR count). The first-order valence-corrected chi connectivity index (χ1v) is 28.8. The van der Waals surface area contributed by atoms with E-state index in [1.165, 1.54) is 124 Å². The van der Waals surface area contributed by atoms with E-state index in [2.05, 4.69) is 193 Å². The van der Waals surface area contributed by atoms with Crippen LogP contribution in [0.5, 0.6) is 0 Å². The quantitative estimate of drug-likeness (QED) is 0.115. The molecule has 334 valence electrons. The van der Waals surface area contributed by atoms with Crippen molar-refractivity contribution in [1.29, 1.82) is 0 Å². The molecular weight excluding hydrogens is 941 g/mol. The normalized spacial score (nSPS) is 13.6. The summed E-state index contributed by atoms with van der Waals surface area (Å²) in [6.45, 7) is 11.4. The molecule has 8 aromatic heterocycles. The molecule has 0 saturated heterocycles. The summed E-state index contributed by atoms with van der Waals surface area (Å²) in [5.41, 5.74) is 7.84. The van der Waals surface area contributed by atoms with Crippen LogP contribution in [-0.4, -0.2) is 9.13 Å². The van der Waals surface area contributed by atoms with E-state index in [9.17, 15) is 0 Å². The maximum absolute atomic E-state index is 2.66. The van der Waals surface area contributed by atoms with Gasteiger partial charge in [-0.15, -0.1) is 68.0 Å². The molecule has 0 aliphatic rings. The fourth-order valence-corrected chi connectivity index (χ4v) is 16.3. The highest BCUT2D eigenvalue weighted by Gasteiger charge is 2.21. The predicted octanol–water partition coefficient (Wildman–Crippen LogP) is 20.7. The summed E-state index contributed by atoms with van der Waals surface area (Å²) < 4.78 is 10.9. The Labute approximate surface area is 420 Å². The van der Waals surface area contributed by atoms with Crippen molar-refractivity contribution in [2.45, 2.75) is 53.6 Å². The summed E-state index contributed by atoms with van der Waals surface area (Å²) in [4.78, 5) is 7.97. The van der Waals surface area contributed by atoms with Crippen molar-refractivity contribution >= 4 is 176 Å². The molecule has 0 spiro atoms. The zero-order valence-corrected chi connectivity index (χ0v) is 43.2. The maximum atomic E-state index is 2.66. The van der Waals surface area contributed by atoms with Crippen LogP contribution in [0.2, 0.25) is 0 Å². The van der Waals surface area contributed by atoms with Crippen LogP contribution in [0.4, 0.5) is 0 Å². The second kappa shape index (κ2) is 17.1. The number of benzene rings is 5. The molecule has 0 fully saturated rings. The molecule has 2 atom stereocenters. The van der Waals surface area contributed by atoms with Crippen LogP contribution in [0.15, 0.2) is 132 Å². The van der Waals surface area contributed by atoms with Crippen LogP contribution in [0, 0.1) is 11.8 Å². The number of hydrogen-bond donors (Lipinski definition) is 0. The second-order valence-electron chi connectivity index (χ2n) is 18.6. The van der Waals surface area contributed by atoms with Gasteiger partial charge in [-0.1, -0.05) is 101 Å². The first-order valence-electron chi connectivity index (χ1n) is 23.7. The van der Waals surface area contributed by atoms with E-state index in [-0.39, 0.29) is 0 Å². The van der Waals surface area contributed by atoms with Gasteiger partial charge in [0, 0.05) is 105 Å². The molecular formula is C60H48N2S6. The van der Waals surface area contributed by atoms with Gasteiger partial charge in [-0.3, -0.25) is 0 Å². The molecule has 0 aliphatic carbocycles. The summed E-state index contributed by atoms with van der Waals surface area (Å²) in [5.74, 6) is 1.09. The average molecular weight is 989 g/mol. The van der Waals surface area contributed by atoms with Gasteiger partial charge in [-0.05, 0) is 129 Å². The molecule has 8 heterocycles. The first kappa shape index (κ1) is 42.5. The molecule has 0 amide bonds. The van der Waals surface area contributed by atoms with Gasteiger partial charge >= 0.3 is 0 Å². The van der Waals surface area contributed by atoms with Crippen LogP contribution in [0.3, 0.4) is 0 Å². The van der Waals surface area contributed by atoms with Gasteiger partial charge in [0.2, 0.25) is 0 Å². The molecule has 68 heavy (non-hydrogen) atoms. The Hall–Kier alpha value is -5.58. The zero-order valence-electron chi connectivity index (χ0n) is 38.3. The van der Waals surface area contributed by atoms with Gasteiger partial charge in [0.25, 0.3) is 0 Å². The van der Waals surface area contributed by atoms with Crippen molar-refractivity contribution in [3.63, 3.8) is 0 Å². The van der Waals surface area contributed by atoms with Crippen molar-refractivity contribution < 1.29 is 0 Å². The van der Waals surface area contributed by atoms with Crippen LogP contribution >= 0.6 is 68.0 Å². The highest BCUT2D eigenvalue weighted by Crippen LogP contribution is 2.44. The molecule has 2 unspecified atom stereocenters. The number of fused-ring (bicyclic) bond motifs is 12. The lowest BCUT2D eigenvalue weighted by Crippen LogP contribution is -2.07. The highest BCUT2D eigenvalue weighted by atomic mass is 32.1. The van der Waals surface area contributed by atoms with Crippen molar-refractivity contribution in [2.24, 2.45) is 11.8 Å². The standard InChI is InChI=1S/C60H48N2S6/c1-5-35(3)33-61-49-29-48-46-20-12-40-28-38(8-14-42-16-22-52(66-42)58-32-56-54(68-58)24-26-64-56)10-18-44(40)60(46)62(34-36(4)6-2)50(48)30-47(49)45-19-11-39-27-37(9-17-43(39)59(45)61)7-13-41-15-21-51(65-41)57-31-55-53(67-57)23-25-63-55/h7-32,35-36H,5-6,33-34H2,1-4H3/b13-7+,14-8+. The minimum atomic E-state index is 0.544. The Morgan fingerprint density at radius 2 is 0.868 bits per heavy atom. The average Bonchev–Trinajstić information content (AvgIpc) is 4.22. The zero-order chi connectivity index (χ0) is 45.6. The summed E-state index contributed by atoms with van der Waals surface area (Å²) in [6.07, 6.45) is 11.4. The molecule has 5 aromatic carbocycles. The Morgan fingerprint density at radius 3 is 1.31 bits per heavy atom. The topological polar surface area (TPSA) is 9.86 Å². The summed E-state index contributed by atoms with van der Waals surface area (Å²) >= 11 is 11.2. The van der Waals surface area contributed by atoms with Gasteiger partial charge < -0.3 is 9.13 Å². The Morgan fingerprint density at radius 1 is 0.412 bits per heavy atom. The maximum Gasteiger partial charge on any atom is 0.0571 e. The monoisotopic (exact) mass is 988 g/mol. The second-order valence-corrected chi connectivity index (χ2v) is 24.9. The minimum absolute atomic E-state index is 0.544. The molecule has 0 N–H and O–H groups in total. The fourth-order valence-electron chi connectivity index (χ4n) is 10.1. The molecule has 8 heteroatoms. The molecule has 13 aromatic rings. The molecule has 2 nitrogen and oxygen atoms in total. The molecule has 0 bridgehead atoms. The smallest absolute Gasteiger partial charge is 0.0571 e. The van der Waals surface area contributed by atoms with E-state index >= 15 is 0 Å². The minimum Gasteiger partial charge on any atom is -0.340 e. The van der Waals surface area contributed by atoms with Crippen molar-refractivity contribution in [3.8, 4) is 19.5 Å². The summed E-state index contributed by atoms with van der Waals surface area (Å²) in [7, 11) is 0. The van der Waals surface area contributed by atoms with E-state index in [1.54, 1.807) is 0 Å². The number of rotatable bonds is 12.